The SMILES string of the molecule is CCc1ccccc1C=NOCc1c(F)c(F)c(F)c(F)c1F. The topological polar surface area (TPSA) is 21.6 Å². The van der Waals surface area contributed by atoms with Crippen molar-refractivity contribution in [3.63, 3.8) is 0 Å². The van der Waals surface area contributed by atoms with Crippen molar-refractivity contribution in [2.75, 3.05) is 0 Å². The zero-order valence-corrected chi connectivity index (χ0v) is 12.0. The van der Waals surface area contributed by atoms with Gasteiger partial charge in [-0.1, -0.05) is 36.3 Å². The average molecular weight is 329 g/mol. The van der Waals surface area contributed by atoms with Gasteiger partial charge in [0.15, 0.2) is 23.3 Å². The van der Waals surface area contributed by atoms with Crippen LogP contribution in [0.15, 0.2) is 29.4 Å². The van der Waals surface area contributed by atoms with Gasteiger partial charge in [0.05, 0.1) is 11.8 Å². The van der Waals surface area contributed by atoms with Crippen LogP contribution in [0, 0.1) is 29.1 Å². The van der Waals surface area contributed by atoms with E-state index in [0.717, 1.165) is 17.5 Å². The Morgan fingerprint density at radius 3 is 2.09 bits per heavy atom. The van der Waals surface area contributed by atoms with Crippen LogP contribution in [0.5, 0.6) is 0 Å². The highest BCUT2D eigenvalue weighted by Crippen LogP contribution is 2.23. The van der Waals surface area contributed by atoms with Crippen molar-refractivity contribution in [1.82, 2.24) is 0 Å². The average Bonchev–Trinajstić information content (AvgIpc) is 2.58. The summed E-state index contributed by atoms with van der Waals surface area (Å²) in [6.07, 6.45) is 2.05. The Bertz CT molecular complexity index is 716. The number of rotatable bonds is 5. The van der Waals surface area contributed by atoms with Gasteiger partial charge in [-0.25, -0.2) is 22.0 Å². The summed E-state index contributed by atoms with van der Waals surface area (Å²) < 4.78 is 65.8. The first kappa shape index (κ1) is 16.9. The van der Waals surface area contributed by atoms with Crippen molar-refractivity contribution in [2.45, 2.75) is 20.0 Å². The van der Waals surface area contributed by atoms with E-state index in [4.69, 9.17) is 0 Å². The Morgan fingerprint density at radius 1 is 0.913 bits per heavy atom. The quantitative estimate of drug-likeness (QED) is 0.260. The third kappa shape index (κ3) is 3.49. The van der Waals surface area contributed by atoms with Gasteiger partial charge in [0.1, 0.15) is 6.61 Å². The van der Waals surface area contributed by atoms with Crippen LogP contribution in [0.1, 0.15) is 23.6 Å². The Labute approximate surface area is 129 Å². The molecule has 0 radical (unpaired) electrons. The van der Waals surface area contributed by atoms with E-state index in [2.05, 4.69) is 9.99 Å². The maximum atomic E-state index is 13.4. The molecule has 0 aliphatic heterocycles. The number of hydrogen-bond donors (Lipinski definition) is 0. The molecule has 0 saturated carbocycles. The summed E-state index contributed by atoms with van der Waals surface area (Å²) in [5.41, 5.74) is 0.630. The van der Waals surface area contributed by atoms with Gasteiger partial charge in [-0.2, -0.15) is 0 Å². The first-order valence-electron chi connectivity index (χ1n) is 6.70. The van der Waals surface area contributed by atoms with Crippen molar-refractivity contribution in [1.29, 1.82) is 0 Å². The third-order valence-electron chi connectivity index (χ3n) is 3.21. The van der Waals surface area contributed by atoms with E-state index in [1.54, 1.807) is 12.1 Å². The van der Waals surface area contributed by atoms with Crippen molar-refractivity contribution in [3.05, 3.63) is 70.0 Å². The standard InChI is InChI=1S/C16H12F5NO/c1-2-9-5-3-4-6-10(9)7-22-23-8-11-12(17)14(19)16(21)15(20)13(11)18/h3-7H,2,8H2,1H3. The molecular weight excluding hydrogens is 317 g/mol. The van der Waals surface area contributed by atoms with Gasteiger partial charge in [0.25, 0.3) is 0 Å². The smallest absolute Gasteiger partial charge is 0.200 e. The van der Waals surface area contributed by atoms with Gasteiger partial charge in [-0.3, -0.25) is 0 Å². The first-order chi connectivity index (χ1) is 11.0. The van der Waals surface area contributed by atoms with Gasteiger partial charge < -0.3 is 4.84 Å². The molecule has 0 aliphatic carbocycles. The molecule has 2 aromatic rings. The van der Waals surface area contributed by atoms with E-state index in [1.807, 2.05) is 19.1 Å². The molecule has 2 aromatic carbocycles. The predicted molar refractivity (Wildman–Crippen MR) is 74.4 cm³/mol. The lowest BCUT2D eigenvalue weighted by Crippen LogP contribution is -2.07. The summed E-state index contributed by atoms with van der Waals surface area (Å²) >= 11 is 0. The fourth-order valence-corrected chi connectivity index (χ4v) is 1.96. The van der Waals surface area contributed by atoms with Crippen LogP contribution >= 0.6 is 0 Å². The first-order valence-corrected chi connectivity index (χ1v) is 6.70. The summed E-state index contributed by atoms with van der Waals surface area (Å²) in [6, 6.07) is 7.23. The van der Waals surface area contributed by atoms with E-state index in [-0.39, 0.29) is 0 Å². The summed E-state index contributed by atoms with van der Waals surface area (Å²) in [6.45, 7) is 1.05. The Kier molecular flexibility index (Phi) is 5.31. The number of aryl methyl sites for hydroxylation is 1. The maximum Gasteiger partial charge on any atom is 0.200 e. The van der Waals surface area contributed by atoms with E-state index < -0.39 is 41.3 Å². The normalized spacial score (nSPS) is 11.2. The zero-order chi connectivity index (χ0) is 17.0. The van der Waals surface area contributed by atoms with Crippen LogP contribution in [0.25, 0.3) is 0 Å². The molecule has 0 atom stereocenters. The maximum absolute atomic E-state index is 13.4. The lowest BCUT2D eigenvalue weighted by atomic mass is 10.1. The van der Waals surface area contributed by atoms with Gasteiger partial charge in [-0.05, 0) is 17.5 Å². The molecule has 0 N–H and O–H groups in total. The Balaban J connectivity index is 2.15. The summed E-state index contributed by atoms with van der Waals surface area (Å²) in [5.74, 6) is -10.1. The molecule has 0 amide bonds. The fourth-order valence-electron chi connectivity index (χ4n) is 1.96. The highest BCUT2D eigenvalue weighted by Gasteiger charge is 2.25. The molecule has 0 aliphatic rings. The van der Waals surface area contributed by atoms with E-state index in [1.165, 1.54) is 6.21 Å². The van der Waals surface area contributed by atoms with Crippen molar-refractivity contribution < 1.29 is 26.8 Å². The lowest BCUT2D eigenvalue weighted by Gasteiger charge is -2.07. The summed E-state index contributed by atoms with van der Waals surface area (Å²) in [5, 5.41) is 3.51. The van der Waals surface area contributed by atoms with Crippen LogP contribution in [0.3, 0.4) is 0 Å². The van der Waals surface area contributed by atoms with Gasteiger partial charge in [0, 0.05) is 0 Å². The molecule has 0 saturated heterocycles. The summed E-state index contributed by atoms with van der Waals surface area (Å²) in [4.78, 5) is 4.67. The molecule has 0 unspecified atom stereocenters. The minimum Gasteiger partial charge on any atom is -0.391 e. The van der Waals surface area contributed by atoms with Crippen molar-refractivity contribution >= 4 is 6.21 Å². The second-order valence-corrected chi connectivity index (χ2v) is 4.61. The number of halogens is 5. The molecule has 0 aromatic heterocycles. The third-order valence-corrected chi connectivity index (χ3v) is 3.21. The largest absolute Gasteiger partial charge is 0.391 e. The van der Waals surface area contributed by atoms with Gasteiger partial charge in [-0.15, -0.1) is 0 Å². The molecule has 23 heavy (non-hydrogen) atoms. The molecule has 2 rings (SSSR count). The molecule has 2 nitrogen and oxygen atoms in total. The molecule has 0 spiro atoms. The molecule has 0 bridgehead atoms. The Morgan fingerprint density at radius 2 is 1.48 bits per heavy atom. The van der Waals surface area contributed by atoms with Crippen LogP contribution in [-0.4, -0.2) is 6.21 Å². The molecule has 0 heterocycles. The van der Waals surface area contributed by atoms with E-state index in [9.17, 15) is 22.0 Å². The van der Waals surface area contributed by atoms with E-state index >= 15 is 0 Å². The minimum absolute atomic E-state index is 0.729. The minimum atomic E-state index is -2.20. The molecule has 122 valence electrons. The van der Waals surface area contributed by atoms with Crippen molar-refractivity contribution in [3.8, 4) is 0 Å². The monoisotopic (exact) mass is 329 g/mol. The number of nitrogens with zero attached hydrogens (tertiary/aromatic N) is 1. The van der Waals surface area contributed by atoms with E-state index in [0.29, 0.717) is 0 Å². The van der Waals surface area contributed by atoms with Gasteiger partial charge >= 0.3 is 0 Å². The second-order valence-electron chi connectivity index (χ2n) is 4.61. The Hall–Kier alpha value is -2.44. The molecule has 7 heteroatoms. The highest BCUT2D eigenvalue weighted by atomic mass is 19.2. The van der Waals surface area contributed by atoms with Crippen LogP contribution in [0.2, 0.25) is 0 Å². The second kappa shape index (κ2) is 7.21. The summed E-state index contributed by atoms with van der Waals surface area (Å²) in [7, 11) is 0. The number of oxime groups is 1. The number of benzene rings is 2. The lowest BCUT2D eigenvalue weighted by molar-refractivity contribution is 0.124. The van der Waals surface area contributed by atoms with Crippen LogP contribution < -0.4 is 0 Å². The van der Waals surface area contributed by atoms with Crippen molar-refractivity contribution in [2.24, 2.45) is 5.16 Å². The predicted octanol–water partition coefficient (Wildman–Crippen LogP) is 4.50. The molecular formula is C16H12F5NO. The fraction of sp³-hybridized carbons (Fsp3) is 0.188. The van der Waals surface area contributed by atoms with Gasteiger partial charge in [0.2, 0.25) is 5.82 Å². The molecule has 0 fully saturated rings. The highest BCUT2D eigenvalue weighted by molar-refractivity contribution is 5.81. The van der Waals surface area contributed by atoms with Crippen LogP contribution in [-0.2, 0) is 17.9 Å². The number of hydrogen-bond acceptors (Lipinski definition) is 2. The zero-order valence-electron chi connectivity index (χ0n) is 12.0. The van der Waals surface area contributed by atoms with Crippen LogP contribution in [0.4, 0.5) is 22.0 Å².